The lowest BCUT2D eigenvalue weighted by Crippen LogP contribution is -1.91. The number of methoxy groups -OCH3 is 1. The van der Waals surface area contributed by atoms with Crippen molar-refractivity contribution in [1.29, 1.82) is 0 Å². The Balaban J connectivity index is 1.70. The molecule has 0 amide bonds. The van der Waals surface area contributed by atoms with Gasteiger partial charge in [0.1, 0.15) is 10.8 Å². The molecule has 0 spiro atoms. The molecule has 3 aromatic carbocycles. The Kier molecular flexibility index (Phi) is 4.26. The molecule has 0 radical (unpaired) electrons. The number of aromatic hydroxyl groups is 1. The zero-order valence-electron chi connectivity index (χ0n) is 15.6. The number of aromatic amines is 1. The number of thiazole rings is 1. The molecule has 142 valence electrons. The van der Waals surface area contributed by atoms with Crippen LogP contribution in [0, 0.1) is 0 Å². The Hall–Kier alpha value is -3.64. The summed E-state index contributed by atoms with van der Waals surface area (Å²) in [6.45, 7) is 0. The largest absolute Gasteiger partial charge is 0.504 e. The molecule has 2 heterocycles. The number of phenolic OH excluding ortho intramolecular Hbond substituents is 1. The summed E-state index contributed by atoms with van der Waals surface area (Å²) in [5.41, 5.74) is 4.51. The highest BCUT2D eigenvalue weighted by molar-refractivity contribution is 7.19. The lowest BCUT2D eigenvalue weighted by atomic mass is 10.1. The van der Waals surface area contributed by atoms with E-state index in [-0.39, 0.29) is 5.75 Å². The van der Waals surface area contributed by atoms with Crippen molar-refractivity contribution in [2.75, 3.05) is 7.11 Å². The molecule has 0 saturated heterocycles. The zero-order valence-corrected chi connectivity index (χ0v) is 16.4. The van der Waals surface area contributed by atoms with Crippen molar-refractivity contribution in [3.8, 4) is 11.5 Å². The highest BCUT2D eigenvalue weighted by Crippen LogP contribution is 2.34. The summed E-state index contributed by atoms with van der Waals surface area (Å²) in [5, 5.41) is 11.0. The maximum Gasteiger partial charge on any atom is 0.160 e. The number of aromatic nitrogens is 3. The molecule has 0 atom stereocenters. The Bertz CT molecular complexity index is 1230. The monoisotopic (exact) mass is 399 g/mol. The molecule has 29 heavy (non-hydrogen) atoms. The Morgan fingerprint density at radius 1 is 1.00 bits per heavy atom. The van der Waals surface area contributed by atoms with Gasteiger partial charge in [-0.05, 0) is 48.0 Å². The number of imidazole rings is 1. The molecule has 5 rings (SSSR count). The van der Waals surface area contributed by atoms with E-state index >= 15 is 0 Å². The van der Waals surface area contributed by atoms with Crippen LogP contribution in [0.4, 0.5) is 0 Å². The molecule has 0 aliphatic heterocycles. The smallest absolute Gasteiger partial charge is 0.160 e. The summed E-state index contributed by atoms with van der Waals surface area (Å²) in [6.07, 6.45) is 1.98. The summed E-state index contributed by atoms with van der Waals surface area (Å²) in [5.74, 6) is 1.27. The first kappa shape index (κ1) is 17.5. The fourth-order valence-corrected chi connectivity index (χ4v) is 4.25. The van der Waals surface area contributed by atoms with Crippen LogP contribution in [0.15, 0.2) is 66.7 Å². The molecule has 0 unspecified atom stereocenters. The molecular formula is C23H17N3O2S. The zero-order chi connectivity index (χ0) is 19.8. The molecule has 2 aromatic heterocycles. The van der Waals surface area contributed by atoms with Crippen molar-refractivity contribution in [2.45, 2.75) is 0 Å². The summed E-state index contributed by atoms with van der Waals surface area (Å²) < 4.78 is 6.27. The van der Waals surface area contributed by atoms with Gasteiger partial charge in [-0.3, -0.25) is 0 Å². The predicted molar refractivity (Wildman–Crippen MR) is 117 cm³/mol. The highest BCUT2D eigenvalue weighted by atomic mass is 32.1. The molecule has 0 saturated carbocycles. The molecule has 0 aliphatic carbocycles. The van der Waals surface area contributed by atoms with Gasteiger partial charge < -0.3 is 14.8 Å². The molecule has 6 heteroatoms. The summed E-state index contributed by atoms with van der Waals surface area (Å²) >= 11 is 1.61. The number of nitrogens with zero attached hydrogens (tertiary/aromatic N) is 2. The third-order valence-corrected chi connectivity index (χ3v) is 5.75. The van der Waals surface area contributed by atoms with Crippen molar-refractivity contribution in [2.24, 2.45) is 0 Å². The van der Waals surface area contributed by atoms with E-state index in [1.54, 1.807) is 23.5 Å². The van der Waals surface area contributed by atoms with Crippen LogP contribution in [-0.4, -0.2) is 27.2 Å². The fraction of sp³-hybridized carbons (Fsp3) is 0.0435. The van der Waals surface area contributed by atoms with E-state index in [1.165, 1.54) is 7.11 Å². The summed E-state index contributed by atoms with van der Waals surface area (Å²) in [4.78, 5) is 13.0. The van der Waals surface area contributed by atoms with E-state index in [1.807, 2.05) is 54.6 Å². The number of hydrogen-bond acceptors (Lipinski definition) is 5. The van der Waals surface area contributed by atoms with Gasteiger partial charge in [0.2, 0.25) is 0 Å². The average molecular weight is 399 g/mol. The average Bonchev–Trinajstić information content (AvgIpc) is 3.36. The van der Waals surface area contributed by atoms with E-state index in [0.717, 1.165) is 43.2 Å². The highest BCUT2D eigenvalue weighted by Gasteiger charge is 2.15. The fourth-order valence-electron chi connectivity index (χ4n) is 3.26. The first-order valence-electron chi connectivity index (χ1n) is 9.11. The van der Waals surface area contributed by atoms with Crippen LogP contribution in [0.1, 0.15) is 16.4 Å². The van der Waals surface area contributed by atoms with Crippen molar-refractivity contribution >= 4 is 44.2 Å². The predicted octanol–water partition coefficient (Wildman–Crippen LogP) is 5.48. The quantitative estimate of drug-likeness (QED) is 0.420. The number of benzene rings is 3. The first-order valence-corrected chi connectivity index (χ1v) is 9.93. The second-order valence-corrected chi connectivity index (χ2v) is 7.61. The maximum absolute atomic E-state index is 10.2. The van der Waals surface area contributed by atoms with E-state index in [4.69, 9.17) is 14.7 Å². The third-order valence-electron chi connectivity index (χ3n) is 4.68. The molecule has 0 aliphatic rings. The van der Waals surface area contributed by atoms with Gasteiger partial charge >= 0.3 is 0 Å². The maximum atomic E-state index is 10.2. The van der Waals surface area contributed by atoms with Crippen LogP contribution in [0.5, 0.6) is 11.5 Å². The Morgan fingerprint density at radius 2 is 1.79 bits per heavy atom. The Labute approximate surface area is 171 Å². The lowest BCUT2D eigenvalue weighted by molar-refractivity contribution is 0.373. The number of rotatable bonds is 4. The molecule has 2 N–H and O–H groups in total. The topological polar surface area (TPSA) is 71.0 Å². The number of H-pyrrole nitrogens is 1. The van der Waals surface area contributed by atoms with Crippen molar-refractivity contribution in [3.63, 3.8) is 0 Å². The second-order valence-electron chi connectivity index (χ2n) is 6.58. The van der Waals surface area contributed by atoms with Crippen LogP contribution < -0.4 is 4.74 Å². The van der Waals surface area contributed by atoms with Gasteiger partial charge in [0.05, 0.1) is 33.9 Å². The van der Waals surface area contributed by atoms with Gasteiger partial charge in [-0.15, -0.1) is 11.3 Å². The van der Waals surface area contributed by atoms with Crippen LogP contribution in [0.2, 0.25) is 0 Å². The molecule has 0 fully saturated rings. The van der Waals surface area contributed by atoms with Gasteiger partial charge in [-0.25, -0.2) is 9.97 Å². The Morgan fingerprint density at radius 3 is 2.55 bits per heavy atom. The number of fused-ring (bicyclic) bond motifs is 2. The van der Waals surface area contributed by atoms with Crippen molar-refractivity contribution < 1.29 is 9.84 Å². The van der Waals surface area contributed by atoms with E-state index in [0.29, 0.717) is 5.75 Å². The second kappa shape index (κ2) is 7.07. The van der Waals surface area contributed by atoms with Crippen LogP contribution in [-0.2, 0) is 0 Å². The summed E-state index contributed by atoms with van der Waals surface area (Å²) in [7, 11) is 1.53. The number of ether oxygens (including phenoxy) is 1. The van der Waals surface area contributed by atoms with Crippen molar-refractivity contribution in [3.05, 3.63) is 83.1 Å². The van der Waals surface area contributed by atoms with Crippen molar-refractivity contribution in [1.82, 2.24) is 15.0 Å². The van der Waals surface area contributed by atoms with Crippen LogP contribution >= 0.6 is 11.3 Å². The SMILES string of the molecule is COc1ccc(/C=C(/c2nc3ccccc3[nH]2)c2nc3ccccc3s2)cc1O. The van der Waals surface area contributed by atoms with Gasteiger partial charge in [-0.2, -0.15) is 0 Å². The van der Waals surface area contributed by atoms with E-state index in [9.17, 15) is 5.11 Å². The molecule has 5 aromatic rings. The van der Waals surface area contributed by atoms with Gasteiger partial charge in [0.25, 0.3) is 0 Å². The van der Waals surface area contributed by atoms with Gasteiger partial charge in [-0.1, -0.05) is 30.3 Å². The standard InChI is InChI=1S/C23H17N3O2S/c1-28-20-11-10-14(13-19(20)27)12-15(22-24-16-6-2-3-7-17(16)25-22)23-26-18-8-4-5-9-21(18)29-23/h2-13,27H,1H3,(H,24,25)/b15-12-. The number of phenols is 1. The van der Waals surface area contributed by atoms with Gasteiger partial charge in [0, 0.05) is 0 Å². The lowest BCUT2D eigenvalue weighted by Gasteiger charge is -2.05. The number of nitrogens with one attached hydrogen (secondary N) is 1. The van der Waals surface area contributed by atoms with E-state index < -0.39 is 0 Å². The molecular weight excluding hydrogens is 382 g/mol. The van der Waals surface area contributed by atoms with E-state index in [2.05, 4.69) is 11.1 Å². The van der Waals surface area contributed by atoms with Crippen LogP contribution in [0.25, 0.3) is 32.9 Å². The minimum absolute atomic E-state index is 0.0921. The minimum Gasteiger partial charge on any atom is -0.504 e. The summed E-state index contributed by atoms with van der Waals surface area (Å²) in [6, 6.07) is 21.3. The number of hydrogen-bond donors (Lipinski definition) is 2. The van der Waals surface area contributed by atoms with Crippen LogP contribution in [0.3, 0.4) is 0 Å². The number of para-hydroxylation sites is 3. The third kappa shape index (κ3) is 3.23. The minimum atomic E-state index is 0.0921. The molecule has 0 bridgehead atoms. The normalized spacial score (nSPS) is 12.0. The van der Waals surface area contributed by atoms with Gasteiger partial charge in [0.15, 0.2) is 11.5 Å². The molecule has 5 nitrogen and oxygen atoms in total. The first-order chi connectivity index (χ1) is 14.2.